The van der Waals surface area contributed by atoms with Crippen LogP contribution in [0.25, 0.3) is 6.08 Å². The third-order valence-electron chi connectivity index (χ3n) is 3.15. The predicted octanol–water partition coefficient (Wildman–Crippen LogP) is 3.54. The molecule has 0 saturated carbocycles. The summed E-state index contributed by atoms with van der Waals surface area (Å²) < 4.78 is 5.38. The third kappa shape index (κ3) is 6.14. The van der Waals surface area contributed by atoms with E-state index in [0.29, 0.717) is 21.4 Å². The van der Waals surface area contributed by atoms with Crippen LogP contribution in [-0.2, 0) is 9.59 Å². The topological polar surface area (TPSA) is 67.4 Å². The van der Waals surface area contributed by atoms with Crippen molar-refractivity contribution in [3.05, 3.63) is 69.7 Å². The molecule has 2 aromatic rings. The molecular formula is C18H16Cl2N2O3. The first-order chi connectivity index (χ1) is 12.0. The largest absolute Gasteiger partial charge is 0.483 e. The number of carbonyl (C=O) groups excluding carboxylic acids is 2. The summed E-state index contributed by atoms with van der Waals surface area (Å²) in [6, 6.07) is 12.3. The molecule has 0 radical (unpaired) electrons. The molecule has 0 aromatic heterocycles. The molecule has 0 heterocycles. The van der Waals surface area contributed by atoms with Crippen molar-refractivity contribution in [2.45, 2.75) is 6.92 Å². The van der Waals surface area contributed by atoms with Crippen molar-refractivity contribution in [3.8, 4) is 5.75 Å². The number of benzene rings is 2. The van der Waals surface area contributed by atoms with Gasteiger partial charge in [-0.05, 0) is 42.3 Å². The molecule has 0 bridgehead atoms. The minimum Gasteiger partial charge on any atom is -0.483 e. The Labute approximate surface area is 155 Å². The Kier molecular flexibility index (Phi) is 6.86. The monoisotopic (exact) mass is 378 g/mol. The number of hydrogen-bond donors (Lipinski definition) is 2. The van der Waals surface area contributed by atoms with Crippen LogP contribution in [0.2, 0.25) is 10.0 Å². The number of para-hydroxylation sites is 1. The van der Waals surface area contributed by atoms with Gasteiger partial charge < -0.3 is 4.74 Å². The van der Waals surface area contributed by atoms with Gasteiger partial charge in [0.25, 0.3) is 11.8 Å². The van der Waals surface area contributed by atoms with E-state index in [4.69, 9.17) is 27.9 Å². The lowest BCUT2D eigenvalue weighted by molar-refractivity contribution is -0.128. The quantitative estimate of drug-likeness (QED) is 0.617. The Bertz CT molecular complexity index is 807. The van der Waals surface area contributed by atoms with Gasteiger partial charge in [-0.2, -0.15) is 0 Å². The van der Waals surface area contributed by atoms with Gasteiger partial charge in [-0.1, -0.05) is 47.5 Å². The lowest BCUT2D eigenvalue weighted by Gasteiger charge is -2.09. The number of carbonyl (C=O) groups is 2. The number of halogens is 2. The number of aryl methyl sites for hydroxylation is 1. The minimum atomic E-state index is -0.504. The van der Waals surface area contributed by atoms with Crippen molar-refractivity contribution in [2.24, 2.45) is 0 Å². The highest BCUT2D eigenvalue weighted by molar-refractivity contribution is 6.35. The number of hydrogen-bond acceptors (Lipinski definition) is 3. The fraction of sp³-hybridized carbons (Fsp3) is 0.111. The zero-order valence-corrected chi connectivity index (χ0v) is 14.9. The van der Waals surface area contributed by atoms with Crippen molar-refractivity contribution in [1.82, 2.24) is 10.9 Å². The fourth-order valence-electron chi connectivity index (χ4n) is 1.87. The van der Waals surface area contributed by atoms with Crippen LogP contribution in [0.1, 0.15) is 11.1 Å². The molecule has 130 valence electrons. The molecule has 0 unspecified atom stereocenters. The van der Waals surface area contributed by atoms with Crippen LogP contribution in [0.15, 0.2) is 48.5 Å². The maximum absolute atomic E-state index is 11.7. The van der Waals surface area contributed by atoms with Gasteiger partial charge in [0.15, 0.2) is 6.61 Å². The summed E-state index contributed by atoms with van der Waals surface area (Å²) in [7, 11) is 0. The third-order valence-corrected chi connectivity index (χ3v) is 3.72. The Hall–Kier alpha value is -2.50. The Morgan fingerprint density at radius 1 is 1.12 bits per heavy atom. The number of ether oxygens (including phenoxy) is 1. The SMILES string of the molecule is Cc1ccccc1OCC(=O)NNC(=O)/C=C/c1ccc(Cl)cc1Cl. The Morgan fingerprint density at radius 2 is 1.88 bits per heavy atom. The van der Waals surface area contributed by atoms with Crippen LogP contribution in [0, 0.1) is 6.92 Å². The molecule has 0 fully saturated rings. The number of rotatable bonds is 5. The van der Waals surface area contributed by atoms with Gasteiger partial charge in [0.1, 0.15) is 5.75 Å². The summed E-state index contributed by atoms with van der Waals surface area (Å²) in [4.78, 5) is 23.4. The van der Waals surface area contributed by atoms with Crippen molar-refractivity contribution in [1.29, 1.82) is 0 Å². The van der Waals surface area contributed by atoms with E-state index < -0.39 is 11.8 Å². The molecule has 0 saturated heterocycles. The van der Waals surface area contributed by atoms with E-state index in [1.165, 1.54) is 12.2 Å². The second-order valence-electron chi connectivity index (χ2n) is 5.09. The molecule has 0 atom stereocenters. The first kappa shape index (κ1) is 18.8. The maximum Gasteiger partial charge on any atom is 0.276 e. The normalized spacial score (nSPS) is 10.5. The summed E-state index contributed by atoms with van der Waals surface area (Å²) in [5.41, 5.74) is 6.08. The van der Waals surface area contributed by atoms with Gasteiger partial charge in [0.05, 0.1) is 0 Å². The van der Waals surface area contributed by atoms with E-state index in [2.05, 4.69) is 10.9 Å². The summed E-state index contributed by atoms with van der Waals surface area (Å²) in [5.74, 6) is -0.369. The van der Waals surface area contributed by atoms with E-state index in [9.17, 15) is 9.59 Å². The average Bonchev–Trinajstić information content (AvgIpc) is 2.58. The van der Waals surface area contributed by atoms with E-state index in [1.807, 2.05) is 25.1 Å². The first-order valence-electron chi connectivity index (χ1n) is 7.36. The van der Waals surface area contributed by atoms with Crippen molar-refractivity contribution >= 4 is 41.1 Å². The average molecular weight is 379 g/mol. The molecule has 2 aromatic carbocycles. The van der Waals surface area contributed by atoms with Gasteiger partial charge in [-0.15, -0.1) is 0 Å². The van der Waals surface area contributed by atoms with Gasteiger partial charge in [0.2, 0.25) is 0 Å². The molecule has 25 heavy (non-hydrogen) atoms. The van der Waals surface area contributed by atoms with Crippen LogP contribution in [-0.4, -0.2) is 18.4 Å². The van der Waals surface area contributed by atoms with Gasteiger partial charge >= 0.3 is 0 Å². The molecule has 2 N–H and O–H groups in total. The number of amides is 2. The molecule has 2 amide bonds. The van der Waals surface area contributed by atoms with E-state index >= 15 is 0 Å². The second kappa shape index (κ2) is 9.11. The predicted molar refractivity (Wildman–Crippen MR) is 98.5 cm³/mol. The second-order valence-corrected chi connectivity index (χ2v) is 5.93. The Balaban J connectivity index is 1.78. The standard InChI is InChI=1S/C18H16Cl2N2O3/c1-12-4-2-3-5-16(12)25-11-18(24)22-21-17(23)9-7-13-6-8-14(19)10-15(13)20/h2-10H,11H2,1H3,(H,21,23)(H,22,24)/b9-7+. The lowest BCUT2D eigenvalue weighted by Crippen LogP contribution is -2.43. The van der Waals surface area contributed by atoms with Gasteiger partial charge in [-0.3, -0.25) is 20.4 Å². The lowest BCUT2D eigenvalue weighted by atomic mass is 10.2. The molecule has 0 spiro atoms. The molecule has 0 aliphatic heterocycles. The van der Waals surface area contributed by atoms with Crippen LogP contribution < -0.4 is 15.6 Å². The summed E-state index contributed by atoms with van der Waals surface area (Å²) in [5, 5.41) is 0.930. The Morgan fingerprint density at radius 3 is 2.60 bits per heavy atom. The summed E-state index contributed by atoms with van der Waals surface area (Å²) >= 11 is 11.8. The zero-order valence-electron chi connectivity index (χ0n) is 13.4. The molecule has 5 nitrogen and oxygen atoms in total. The van der Waals surface area contributed by atoms with Crippen molar-refractivity contribution in [3.63, 3.8) is 0 Å². The van der Waals surface area contributed by atoms with Gasteiger partial charge in [0, 0.05) is 16.1 Å². The summed E-state index contributed by atoms with van der Waals surface area (Å²) in [6.45, 7) is 1.67. The van der Waals surface area contributed by atoms with Crippen LogP contribution >= 0.6 is 23.2 Å². The molecule has 2 rings (SSSR count). The molecular weight excluding hydrogens is 363 g/mol. The van der Waals surface area contributed by atoms with E-state index in [0.717, 1.165) is 5.56 Å². The van der Waals surface area contributed by atoms with Crippen molar-refractivity contribution in [2.75, 3.05) is 6.61 Å². The maximum atomic E-state index is 11.7. The van der Waals surface area contributed by atoms with Crippen LogP contribution in [0.5, 0.6) is 5.75 Å². The highest BCUT2D eigenvalue weighted by Crippen LogP contribution is 2.21. The number of nitrogens with one attached hydrogen (secondary N) is 2. The van der Waals surface area contributed by atoms with Crippen molar-refractivity contribution < 1.29 is 14.3 Å². The molecule has 0 aliphatic rings. The molecule has 0 aliphatic carbocycles. The minimum absolute atomic E-state index is 0.210. The van der Waals surface area contributed by atoms with Crippen LogP contribution in [0.3, 0.4) is 0 Å². The highest BCUT2D eigenvalue weighted by Gasteiger charge is 2.05. The van der Waals surface area contributed by atoms with E-state index in [1.54, 1.807) is 24.3 Å². The van der Waals surface area contributed by atoms with E-state index in [-0.39, 0.29) is 6.61 Å². The fourth-order valence-corrected chi connectivity index (χ4v) is 2.34. The highest BCUT2D eigenvalue weighted by atomic mass is 35.5. The molecule has 7 heteroatoms. The zero-order chi connectivity index (χ0) is 18.2. The summed E-state index contributed by atoms with van der Waals surface area (Å²) in [6.07, 6.45) is 2.77. The smallest absolute Gasteiger partial charge is 0.276 e. The van der Waals surface area contributed by atoms with Crippen LogP contribution in [0.4, 0.5) is 0 Å². The van der Waals surface area contributed by atoms with Gasteiger partial charge in [-0.25, -0.2) is 0 Å². The number of hydrazine groups is 1. The first-order valence-corrected chi connectivity index (χ1v) is 8.11.